The molecule has 1 N–H and O–H groups in total. The van der Waals surface area contributed by atoms with Crippen LogP contribution in [0.25, 0.3) is 0 Å². The Labute approximate surface area is 98.5 Å². The van der Waals surface area contributed by atoms with Crippen molar-refractivity contribution in [2.75, 3.05) is 18.5 Å². The fourth-order valence-electron chi connectivity index (χ4n) is 1.26. The van der Waals surface area contributed by atoms with Crippen molar-refractivity contribution >= 4 is 23.2 Å². The first-order valence-corrected chi connectivity index (χ1v) is 5.34. The molecule has 1 aliphatic rings. The second kappa shape index (κ2) is 4.72. The highest BCUT2D eigenvalue weighted by Gasteiger charge is 2.23. The van der Waals surface area contributed by atoms with Gasteiger partial charge >= 0.3 is 0 Å². The van der Waals surface area contributed by atoms with E-state index in [4.69, 9.17) is 21.1 Å². The van der Waals surface area contributed by atoms with Crippen molar-refractivity contribution in [1.29, 1.82) is 0 Å². The van der Waals surface area contributed by atoms with E-state index in [0.717, 1.165) is 6.61 Å². The number of carbonyl (C=O) groups excluding carboxylic acids is 1. The average Bonchev–Trinajstić information content (AvgIpc) is 2.99. The topological polar surface area (TPSA) is 50.9 Å². The number of epoxide rings is 1. The molecule has 0 radical (unpaired) electrons. The van der Waals surface area contributed by atoms with Crippen molar-refractivity contribution in [2.45, 2.75) is 13.0 Å². The van der Waals surface area contributed by atoms with E-state index < -0.39 is 0 Å². The van der Waals surface area contributed by atoms with Crippen LogP contribution in [0.1, 0.15) is 6.92 Å². The second-order valence-corrected chi connectivity index (χ2v) is 4.02. The number of hydrogen-bond donors (Lipinski definition) is 1. The van der Waals surface area contributed by atoms with Gasteiger partial charge in [-0.25, -0.2) is 0 Å². The Balaban J connectivity index is 2.09. The number of halogens is 1. The van der Waals surface area contributed by atoms with Crippen molar-refractivity contribution in [1.82, 2.24) is 0 Å². The normalized spacial score (nSPS) is 18.0. The third-order valence-corrected chi connectivity index (χ3v) is 2.31. The third-order valence-electron chi connectivity index (χ3n) is 2.08. The Bertz CT molecular complexity index is 404. The number of benzene rings is 1. The SMILES string of the molecule is CC(=O)Nc1cc(Cl)ccc1OC[C@@H]1CO1. The lowest BCUT2D eigenvalue weighted by atomic mass is 10.3. The molecule has 0 aliphatic carbocycles. The molecule has 4 nitrogen and oxygen atoms in total. The zero-order chi connectivity index (χ0) is 11.5. The van der Waals surface area contributed by atoms with Crippen LogP contribution in [0.5, 0.6) is 5.75 Å². The molecule has 1 heterocycles. The van der Waals surface area contributed by atoms with E-state index in [1.807, 2.05) is 0 Å². The Morgan fingerprint density at radius 3 is 3.06 bits per heavy atom. The van der Waals surface area contributed by atoms with E-state index in [1.165, 1.54) is 6.92 Å². The first-order valence-electron chi connectivity index (χ1n) is 4.96. The molecule has 1 atom stereocenters. The molecule has 0 saturated carbocycles. The molecular weight excluding hydrogens is 230 g/mol. The molecule has 5 heteroatoms. The first-order chi connectivity index (χ1) is 7.65. The van der Waals surface area contributed by atoms with Gasteiger partial charge in [0.25, 0.3) is 0 Å². The highest BCUT2D eigenvalue weighted by atomic mass is 35.5. The zero-order valence-electron chi connectivity index (χ0n) is 8.83. The van der Waals surface area contributed by atoms with Gasteiger partial charge in [0.2, 0.25) is 5.91 Å². The van der Waals surface area contributed by atoms with Crippen LogP contribution in [0.15, 0.2) is 18.2 Å². The van der Waals surface area contributed by atoms with Crippen LogP contribution < -0.4 is 10.1 Å². The molecular formula is C11H12ClNO3. The summed E-state index contributed by atoms with van der Waals surface area (Å²) in [5.41, 5.74) is 0.584. The summed E-state index contributed by atoms with van der Waals surface area (Å²) in [4.78, 5) is 11.0. The minimum absolute atomic E-state index is 0.158. The third kappa shape index (κ3) is 3.12. The van der Waals surface area contributed by atoms with Gasteiger partial charge in [-0.15, -0.1) is 0 Å². The van der Waals surface area contributed by atoms with Gasteiger partial charge in [-0.2, -0.15) is 0 Å². The van der Waals surface area contributed by atoms with Gasteiger partial charge in [-0.05, 0) is 18.2 Å². The lowest BCUT2D eigenvalue weighted by molar-refractivity contribution is -0.114. The molecule has 1 aliphatic heterocycles. The Morgan fingerprint density at radius 2 is 2.44 bits per heavy atom. The van der Waals surface area contributed by atoms with Crippen LogP contribution >= 0.6 is 11.6 Å². The number of amides is 1. The largest absolute Gasteiger partial charge is 0.489 e. The molecule has 1 amide bonds. The fourth-order valence-corrected chi connectivity index (χ4v) is 1.43. The minimum atomic E-state index is -0.158. The number of ether oxygens (including phenoxy) is 2. The number of rotatable bonds is 4. The van der Waals surface area contributed by atoms with E-state index in [-0.39, 0.29) is 12.0 Å². The Hall–Kier alpha value is -1.26. The fraction of sp³-hybridized carbons (Fsp3) is 0.364. The van der Waals surface area contributed by atoms with Crippen LogP contribution in [0.4, 0.5) is 5.69 Å². The molecule has 16 heavy (non-hydrogen) atoms. The van der Waals surface area contributed by atoms with Gasteiger partial charge in [0, 0.05) is 11.9 Å². The predicted molar refractivity (Wildman–Crippen MR) is 61.0 cm³/mol. The second-order valence-electron chi connectivity index (χ2n) is 3.59. The minimum Gasteiger partial charge on any atom is -0.489 e. The highest BCUT2D eigenvalue weighted by molar-refractivity contribution is 6.31. The molecule has 2 rings (SSSR count). The summed E-state index contributed by atoms with van der Waals surface area (Å²) in [5, 5.41) is 3.22. The molecule has 1 fully saturated rings. The lowest BCUT2D eigenvalue weighted by Crippen LogP contribution is -2.10. The number of hydrogen-bond acceptors (Lipinski definition) is 3. The molecule has 1 aromatic rings. The average molecular weight is 242 g/mol. The quantitative estimate of drug-likeness (QED) is 0.821. The number of anilines is 1. The maximum Gasteiger partial charge on any atom is 0.221 e. The van der Waals surface area contributed by atoms with Crippen molar-refractivity contribution in [3.05, 3.63) is 23.2 Å². The van der Waals surface area contributed by atoms with Gasteiger partial charge in [0.15, 0.2) is 0 Å². The number of nitrogens with one attached hydrogen (secondary N) is 1. The smallest absolute Gasteiger partial charge is 0.221 e. The van der Waals surface area contributed by atoms with Crippen LogP contribution in [-0.2, 0) is 9.53 Å². The van der Waals surface area contributed by atoms with E-state index >= 15 is 0 Å². The van der Waals surface area contributed by atoms with Crippen molar-refractivity contribution < 1.29 is 14.3 Å². The van der Waals surface area contributed by atoms with Gasteiger partial charge in [-0.3, -0.25) is 4.79 Å². The molecule has 0 bridgehead atoms. The monoisotopic (exact) mass is 241 g/mol. The summed E-state index contributed by atoms with van der Waals surface area (Å²) < 4.78 is 10.6. The van der Waals surface area contributed by atoms with Crippen LogP contribution in [0.2, 0.25) is 5.02 Å². The van der Waals surface area contributed by atoms with Crippen molar-refractivity contribution in [3.8, 4) is 5.75 Å². The standard InChI is InChI=1S/C11H12ClNO3/c1-7(14)13-10-4-8(12)2-3-11(10)16-6-9-5-15-9/h2-4,9H,5-6H2,1H3,(H,13,14)/t9-/m0/s1. The molecule has 1 saturated heterocycles. The van der Waals surface area contributed by atoms with Gasteiger partial charge in [-0.1, -0.05) is 11.6 Å². The van der Waals surface area contributed by atoms with Crippen LogP contribution in [-0.4, -0.2) is 25.2 Å². The predicted octanol–water partition coefficient (Wildman–Crippen LogP) is 2.08. The Kier molecular flexibility index (Phi) is 3.31. The van der Waals surface area contributed by atoms with E-state index in [1.54, 1.807) is 18.2 Å². The van der Waals surface area contributed by atoms with Crippen LogP contribution in [0.3, 0.4) is 0 Å². The van der Waals surface area contributed by atoms with E-state index in [9.17, 15) is 4.79 Å². The maximum atomic E-state index is 11.0. The summed E-state index contributed by atoms with van der Waals surface area (Å²) in [6.45, 7) is 2.67. The van der Waals surface area contributed by atoms with Gasteiger partial charge in [0.05, 0.1) is 12.3 Å². The maximum absolute atomic E-state index is 11.0. The Morgan fingerprint density at radius 1 is 1.69 bits per heavy atom. The van der Waals surface area contributed by atoms with E-state index in [0.29, 0.717) is 23.1 Å². The zero-order valence-corrected chi connectivity index (χ0v) is 9.58. The number of carbonyl (C=O) groups is 1. The highest BCUT2D eigenvalue weighted by Crippen LogP contribution is 2.28. The first kappa shape index (κ1) is 11.2. The molecule has 1 aromatic carbocycles. The summed E-state index contributed by atoms with van der Waals surface area (Å²) in [6, 6.07) is 5.11. The summed E-state index contributed by atoms with van der Waals surface area (Å²) in [6.07, 6.45) is 0.181. The molecule has 0 aromatic heterocycles. The summed E-state index contributed by atoms with van der Waals surface area (Å²) >= 11 is 5.84. The van der Waals surface area contributed by atoms with Gasteiger partial charge < -0.3 is 14.8 Å². The van der Waals surface area contributed by atoms with Crippen molar-refractivity contribution in [3.63, 3.8) is 0 Å². The summed E-state index contributed by atoms with van der Waals surface area (Å²) in [5.74, 6) is 0.449. The molecule has 0 spiro atoms. The van der Waals surface area contributed by atoms with Crippen LogP contribution in [0, 0.1) is 0 Å². The molecule has 0 unspecified atom stereocenters. The summed E-state index contributed by atoms with van der Waals surface area (Å²) in [7, 11) is 0. The van der Waals surface area contributed by atoms with E-state index in [2.05, 4.69) is 5.32 Å². The molecule has 86 valence electrons. The van der Waals surface area contributed by atoms with Crippen molar-refractivity contribution in [2.24, 2.45) is 0 Å². The lowest BCUT2D eigenvalue weighted by Gasteiger charge is -2.11. The van der Waals surface area contributed by atoms with Gasteiger partial charge in [0.1, 0.15) is 18.5 Å².